The van der Waals surface area contributed by atoms with Crippen molar-refractivity contribution in [3.63, 3.8) is 0 Å². The lowest BCUT2D eigenvalue weighted by molar-refractivity contribution is -0.137. The highest BCUT2D eigenvalue weighted by Gasteiger charge is 2.30. The Morgan fingerprint density at radius 1 is 1.17 bits per heavy atom. The van der Waals surface area contributed by atoms with E-state index >= 15 is 0 Å². The van der Waals surface area contributed by atoms with E-state index < -0.39 is 11.7 Å². The van der Waals surface area contributed by atoms with Gasteiger partial charge < -0.3 is 10.1 Å². The van der Waals surface area contributed by atoms with Gasteiger partial charge in [0.2, 0.25) is 0 Å². The van der Waals surface area contributed by atoms with Gasteiger partial charge in [-0.15, -0.1) is 0 Å². The predicted octanol–water partition coefficient (Wildman–Crippen LogP) is 4.50. The van der Waals surface area contributed by atoms with Gasteiger partial charge in [0.1, 0.15) is 17.4 Å². The molecule has 0 aliphatic heterocycles. The average Bonchev–Trinajstić information content (AvgIpc) is 2.46. The number of nitrogens with zero attached hydrogens (tertiary/aromatic N) is 2. The zero-order valence-corrected chi connectivity index (χ0v) is 12.5. The number of benzene rings is 1. The maximum atomic E-state index is 12.5. The van der Waals surface area contributed by atoms with Crippen LogP contribution in [0.3, 0.4) is 0 Å². The number of hydrogen-bond donors (Lipinski definition) is 1. The van der Waals surface area contributed by atoms with Crippen LogP contribution in [0.25, 0.3) is 0 Å². The van der Waals surface area contributed by atoms with Crippen molar-refractivity contribution in [2.24, 2.45) is 0 Å². The Kier molecular flexibility index (Phi) is 4.74. The number of hydrogen-bond acceptors (Lipinski definition) is 4. The van der Waals surface area contributed by atoms with Crippen LogP contribution in [0.4, 0.5) is 24.7 Å². The average molecular weight is 321 g/mol. The van der Waals surface area contributed by atoms with Crippen molar-refractivity contribution in [3.8, 4) is 11.8 Å². The molecule has 1 heterocycles. The lowest BCUT2D eigenvalue weighted by Gasteiger charge is -2.14. The quantitative estimate of drug-likeness (QED) is 0.900. The van der Waals surface area contributed by atoms with Crippen molar-refractivity contribution < 1.29 is 17.9 Å². The standard InChI is InChI=1S/C16H14F3N3O/c1-10(2)23-14-7-8-21-15(13(14)9-20)22-12-5-3-11(4-6-12)16(17,18)19/h3-8,10H,1-2H3,(H,21,22). The summed E-state index contributed by atoms with van der Waals surface area (Å²) in [6.45, 7) is 3.65. The molecule has 2 aromatic rings. The van der Waals surface area contributed by atoms with E-state index in [1.54, 1.807) is 6.07 Å². The highest BCUT2D eigenvalue weighted by atomic mass is 19.4. The maximum Gasteiger partial charge on any atom is 0.416 e. The fourth-order valence-electron chi connectivity index (χ4n) is 1.88. The van der Waals surface area contributed by atoms with E-state index in [0.717, 1.165) is 12.1 Å². The normalized spacial score (nSPS) is 11.2. The lowest BCUT2D eigenvalue weighted by atomic mass is 10.2. The van der Waals surface area contributed by atoms with E-state index in [9.17, 15) is 18.4 Å². The van der Waals surface area contributed by atoms with E-state index in [1.165, 1.54) is 18.3 Å². The Labute approximate surface area is 131 Å². The van der Waals surface area contributed by atoms with Gasteiger partial charge in [-0.2, -0.15) is 18.4 Å². The van der Waals surface area contributed by atoms with Crippen LogP contribution >= 0.6 is 0 Å². The smallest absolute Gasteiger partial charge is 0.416 e. The number of nitrogens with one attached hydrogen (secondary N) is 1. The molecule has 0 bridgehead atoms. The molecule has 0 atom stereocenters. The third-order valence-electron chi connectivity index (χ3n) is 2.86. The minimum absolute atomic E-state index is 0.122. The first-order valence-corrected chi connectivity index (χ1v) is 6.81. The van der Waals surface area contributed by atoms with Gasteiger partial charge in [0, 0.05) is 18.0 Å². The minimum atomic E-state index is -4.39. The third kappa shape index (κ3) is 4.13. The number of ether oxygens (including phenoxy) is 1. The molecule has 7 heteroatoms. The van der Waals surface area contributed by atoms with Gasteiger partial charge in [-0.05, 0) is 38.1 Å². The van der Waals surface area contributed by atoms with Crippen molar-refractivity contribution in [3.05, 3.63) is 47.7 Å². The van der Waals surface area contributed by atoms with Gasteiger partial charge in [0.05, 0.1) is 11.7 Å². The summed E-state index contributed by atoms with van der Waals surface area (Å²) in [6.07, 6.45) is -3.05. The molecule has 0 saturated heterocycles. The lowest BCUT2D eigenvalue weighted by Crippen LogP contribution is -2.08. The highest BCUT2D eigenvalue weighted by Crippen LogP contribution is 2.31. The molecule has 0 radical (unpaired) electrons. The van der Waals surface area contributed by atoms with Crippen molar-refractivity contribution >= 4 is 11.5 Å². The van der Waals surface area contributed by atoms with Crippen molar-refractivity contribution in [1.29, 1.82) is 5.26 Å². The first kappa shape index (κ1) is 16.6. The fraction of sp³-hybridized carbons (Fsp3) is 0.250. The number of anilines is 2. The Morgan fingerprint density at radius 2 is 1.83 bits per heavy atom. The van der Waals surface area contributed by atoms with Crippen LogP contribution in [0.1, 0.15) is 25.0 Å². The molecule has 0 saturated carbocycles. The number of aromatic nitrogens is 1. The molecular weight excluding hydrogens is 307 g/mol. The number of halogens is 3. The van der Waals surface area contributed by atoms with Gasteiger partial charge >= 0.3 is 6.18 Å². The van der Waals surface area contributed by atoms with Gasteiger partial charge in [-0.3, -0.25) is 0 Å². The van der Waals surface area contributed by atoms with Crippen LogP contribution in [0, 0.1) is 11.3 Å². The molecule has 1 aromatic carbocycles. The van der Waals surface area contributed by atoms with Crippen molar-refractivity contribution in [1.82, 2.24) is 4.98 Å². The van der Waals surface area contributed by atoms with E-state index in [-0.39, 0.29) is 17.5 Å². The first-order chi connectivity index (χ1) is 10.8. The Morgan fingerprint density at radius 3 is 2.35 bits per heavy atom. The summed E-state index contributed by atoms with van der Waals surface area (Å²) >= 11 is 0. The molecule has 0 amide bonds. The van der Waals surface area contributed by atoms with Crippen LogP contribution in [0.2, 0.25) is 0 Å². The molecule has 0 unspecified atom stereocenters. The van der Waals surface area contributed by atoms with Crippen molar-refractivity contribution in [2.45, 2.75) is 26.1 Å². The summed E-state index contributed by atoms with van der Waals surface area (Å²) in [4.78, 5) is 4.05. The van der Waals surface area contributed by atoms with Gasteiger partial charge in [0.15, 0.2) is 5.82 Å². The molecule has 0 aliphatic carbocycles. The summed E-state index contributed by atoms with van der Waals surface area (Å²) in [5, 5.41) is 12.1. The Balaban J connectivity index is 2.28. The second-order valence-electron chi connectivity index (χ2n) is 5.01. The van der Waals surface area contributed by atoms with Crippen LogP contribution in [0.5, 0.6) is 5.75 Å². The molecule has 0 fully saturated rings. The number of pyridine rings is 1. The molecule has 1 N–H and O–H groups in total. The highest BCUT2D eigenvalue weighted by molar-refractivity contribution is 5.66. The molecule has 4 nitrogen and oxygen atoms in total. The van der Waals surface area contributed by atoms with E-state index in [1.807, 2.05) is 19.9 Å². The Hall–Kier alpha value is -2.75. The zero-order chi connectivity index (χ0) is 17.0. The predicted molar refractivity (Wildman–Crippen MR) is 79.4 cm³/mol. The number of rotatable bonds is 4. The largest absolute Gasteiger partial charge is 0.489 e. The molecule has 0 spiro atoms. The van der Waals surface area contributed by atoms with E-state index in [0.29, 0.717) is 11.4 Å². The third-order valence-corrected chi connectivity index (χ3v) is 2.86. The summed E-state index contributed by atoms with van der Waals surface area (Å²) in [5.41, 5.74) is -0.154. The summed E-state index contributed by atoms with van der Waals surface area (Å²) in [5.74, 6) is 0.595. The number of nitriles is 1. The molecule has 1 aromatic heterocycles. The molecule has 0 aliphatic rings. The van der Waals surface area contributed by atoms with Gasteiger partial charge in [-0.1, -0.05) is 0 Å². The minimum Gasteiger partial charge on any atom is -0.489 e. The summed E-state index contributed by atoms with van der Waals surface area (Å²) in [6, 6.07) is 8.04. The zero-order valence-electron chi connectivity index (χ0n) is 12.5. The molecule has 2 rings (SSSR count). The van der Waals surface area contributed by atoms with E-state index in [4.69, 9.17) is 4.74 Å². The van der Waals surface area contributed by atoms with Gasteiger partial charge in [0.25, 0.3) is 0 Å². The van der Waals surface area contributed by atoms with Crippen LogP contribution in [-0.2, 0) is 6.18 Å². The van der Waals surface area contributed by atoms with E-state index in [2.05, 4.69) is 10.3 Å². The Bertz CT molecular complexity index is 719. The summed E-state index contributed by atoms with van der Waals surface area (Å²) in [7, 11) is 0. The monoisotopic (exact) mass is 321 g/mol. The number of alkyl halides is 3. The van der Waals surface area contributed by atoms with Crippen LogP contribution < -0.4 is 10.1 Å². The van der Waals surface area contributed by atoms with Crippen molar-refractivity contribution in [2.75, 3.05) is 5.32 Å². The topological polar surface area (TPSA) is 57.9 Å². The van der Waals surface area contributed by atoms with Crippen LogP contribution in [0.15, 0.2) is 36.5 Å². The fourth-order valence-corrected chi connectivity index (χ4v) is 1.88. The molecular formula is C16H14F3N3O. The second-order valence-corrected chi connectivity index (χ2v) is 5.01. The first-order valence-electron chi connectivity index (χ1n) is 6.81. The maximum absolute atomic E-state index is 12.5. The summed E-state index contributed by atoms with van der Waals surface area (Å²) < 4.78 is 43.2. The molecule has 120 valence electrons. The molecule has 23 heavy (non-hydrogen) atoms. The van der Waals surface area contributed by atoms with Gasteiger partial charge in [-0.25, -0.2) is 4.98 Å². The SMILES string of the molecule is CC(C)Oc1ccnc(Nc2ccc(C(F)(F)F)cc2)c1C#N. The second kappa shape index (κ2) is 6.57. The van der Waals surface area contributed by atoms with Crippen LogP contribution in [-0.4, -0.2) is 11.1 Å².